The van der Waals surface area contributed by atoms with Gasteiger partial charge in [0.25, 0.3) is 0 Å². The zero-order chi connectivity index (χ0) is 76.5. The smallest absolute Gasteiger partial charge is 0.462 e. The van der Waals surface area contributed by atoms with Gasteiger partial charge in [-0.05, 0) is 43.4 Å². The van der Waals surface area contributed by atoms with Crippen LogP contribution in [-0.2, 0) is 65.4 Å². The predicted octanol–water partition coefficient (Wildman–Crippen LogP) is 25.7. The van der Waals surface area contributed by atoms with Crippen molar-refractivity contribution in [2.75, 3.05) is 39.6 Å². The largest absolute Gasteiger partial charge is 0.472 e. The summed E-state index contributed by atoms with van der Waals surface area (Å²) in [5, 5.41) is 10.7. The van der Waals surface area contributed by atoms with E-state index >= 15 is 0 Å². The van der Waals surface area contributed by atoms with Crippen LogP contribution in [-0.4, -0.2) is 96.7 Å². The van der Waals surface area contributed by atoms with Gasteiger partial charge < -0.3 is 33.8 Å². The second kappa shape index (κ2) is 75.1. The van der Waals surface area contributed by atoms with Gasteiger partial charge in [-0.1, -0.05) is 395 Å². The second-order valence-corrected chi connectivity index (χ2v) is 34.7. The number of hydrogen-bond acceptors (Lipinski definition) is 15. The molecule has 0 aromatic carbocycles. The SMILES string of the molecule is CCCCCCCCCCCCCCCCCCCCC(=O)OC[C@H](COP(=O)(O)OC[C@@H](O)COP(=O)(O)OC[C@@H](COC(=O)CCCCCCCCCCC(C)CC)OC(=O)CCCCCCCCCCCCCCCC(C)C)OC(=O)CCCCCCCCCCCCCCCCCC(C)C. The van der Waals surface area contributed by atoms with Crippen molar-refractivity contribution in [1.82, 2.24) is 0 Å². The summed E-state index contributed by atoms with van der Waals surface area (Å²) in [5.74, 6) is 0.262. The zero-order valence-electron chi connectivity index (χ0n) is 68.5. The number of unbranched alkanes of at least 4 members (excludes halogenated alkanes) is 50. The second-order valence-electron chi connectivity index (χ2n) is 31.8. The van der Waals surface area contributed by atoms with Gasteiger partial charge in [-0.15, -0.1) is 0 Å². The average Bonchev–Trinajstić information content (AvgIpc) is 0.905. The molecule has 0 aromatic rings. The van der Waals surface area contributed by atoms with Gasteiger partial charge in [0.1, 0.15) is 19.3 Å². The lowest BCUT2D eigenvalue weighted by Crippen LogP contribution is -2.30. The van der Waals surface area contributed by atoms with Crippen LogP contribution in [0.2, 0.25) is 0 Å². The molecular weight excluding hydrogens is 1350 g/mol. The summed E-state index contributed by atoms with van der Waals surface area (Å²) in [5.41, 5.74) is 0. The number of ether oxygens (including phenoxy) is 4. The minimum Gasteiger partial charge on any atom is -0.462 e. The van der Waals surface area contributed by atoms with E-state index in [-0.39, 0.29) is 25.7 Å². The quantitative estimate of drug-likeness (QED) is 0.0222. The highest BCUT2D eigenvalue weighted by Crippen LogP contribution is 2.45. The third-order valence-corrected chi connectivity index (χ3v) is 22.1. The van der Waals surface area contributed by atoms with Crippen LogP contribution in [0.15, 0.2) is 0 Å². The third-order valence-electron chi connectivity index (χ3n) is 20.2. The van der Waals surface area contributed by atoms with Gasteiger partial charge in [0.05, 0.1) is 26.4 Å². The number of hydrogen-bond donors (Lipinski definition) is 3. The Morgan fingerprint density at radius 3 is 0.731 bits per heavy atom. The van der Waals surface area contributed by atoms with Gasteiger partial charge in [0, 0.05) is 25.7 Å². The van der Waals surface area contributed by atoms with E-state index in [1.807, 2.05) is 0 Å². The molecule has 0 rings (SSSR count). The van der Waals surface area contributed by atoms with E-state index in [0.717, 1.165) is 108 Å². The summed E-state index contributed by atoms with van der Waals surface area (Å²) in [4.78, 5) is 73.2. The van der Waals surface area contributed by atoms with Crippen LogP contribution in [0.3, 0.4) is 0 Å². The van der Waals surface area contributed by atoms with Crippen LogP contribution in [0.1, 0.15) is 447 Å². The third kappa shape index (κ3) is 76.8. The first kappa shape index (κ1) is 102. The highest BCUT2D eigenvalue weighted by molar-refractivity contribution is 7.47. The van der Waals surface area contributed by atoms with Crippen LogP contribution in [0.4, 0.5) is 0 Å². The number of esters is 4. The van der Waals surface area contributed by atoms with Crippen molar-refractivity contribution in [3.05, 3.63) is 0 Å². The number of rotatable bonds is 83. The van der Waals surface area contributed by atoms with E-state index in [0.29, 0.717) is 25.7 Å². The summed E-state index contributed by atoms with van der Waals surface area (Å²) >= 11 is 0. The summed E-state index contributed by atoms with van der Waals surface area (Å²) in [6, 6.07) is 0. The first-order chi connectivity index (χ1) is 50.3. The molecular formula is C85H166O17P2. The van der Waals surface area contributed by atoms with E-state index in [4.69, 9.17) is 37.0 Å². The van der Waals surface area contributed by atoms with Crippen molar-refractivity contribution in [3.8, 4) is 0 Å². The molecule has 0 saturated heterocycles. The summed E-state index contributed by atoms with van der Waals surface area (Å²) in [6.45, 7) is 12.0. The normalized spacial score (nSPS) is 14.2. The molecule has 0 aliphatic heterocycles. The van der Waals surface area contributed by atoms with Crippen molar-refractivity contribution in [3.63, 3.8) is 0 Å². The van der Waals surface area contributed by atoms with Crippen LogP contribution in [0.25, 0.3) is 0 Å². The molecule has 0 amide bonds. The molecule has 17 nitrogen and oxygen atoms in total. The van der Waals surface area contributed by atoms with E-state index in [2.05, 4.69) is 48.5 Å². The molecule has 104 heavy (non-hydrogen) atoms. The Labute approximate surface area is 638 Å². The molecule has 0 aliphatic carbocycles. The zero-order valence-corrected chi connectivity index (χ0v) is 70.3. The van der Waals surface area contributed by atoms with E-state index in [1.54, 1.807) is 0 Å². The van der Waals surface area contributed by atoms with Crippen LogP contribution >= 0.6 is 15.6 Å². The molecule has 0 bridgehead atoms. The van der Waals surface area contributed by atoms with Gasteiger partial charge in [-0.25, -0.2) is 9.13 Å². The maximum Gasteiger partial charge on any atom is 0.472 e. The maximum atomic E-state index is 13.1. The summed E-state index contributed by atoms with van der Waals surface area (Å²) in [6.07, 6.45) is 65.1. The van der Waals surface area contributed by atoms with Crippen molar-refractivity contribution in [1.29, 1.82) is 0 Å². The fourth-order valence-electron chi connectivity index (χ4n) is 13.2. The molecule has 0 fully saturated rings. The number of aliphatic hydroxyl groups excluding tert-OH is 1. The molecule has 0 aromatic heterocycles. The number of aliphatic hydroxyl groups is 1. The maximum absolute atomic E-state index is 13.1. The summed E-state index contributed by atoms with van der Waals surface area (Å²) in [7, 11) is -9.93. The van der Waals surface area contributed by atoms with Crippen molar-refractivity contribution in [2.24, 2.45) is 17.8 Å². The van der Waals surface area contributed by atoms with Gasteiger partial charge in [0.2, 0.25) is 0 Å². The molecule has 3 N–H and O–H groups in total. The highest BCUT2D eigenvalue weighted by Gasteiger charge is 2.30. The number of phosphoric acid groups is 2. The first-order valence-corrected chi connectivity index (χ1v) is 46.9. The molecule has 618 valence electrons. The lowest BCUT2D eigenvalue weighted by Gasteiger charge is -2.21. The fourth-order valence-corrected chi connectivity index (χ4v) is 14.7. The van der Waals surface area contributed by atoms with Gasteiger partial charge >= 0.3 is 39.5 Å². The van der Waals surface area contributed by atoms with E-state index in [1.165, 1.54) is 257 Å². The van der Waals surface area contributed by atoms with Gasteiger partial charge in [-0.3, -0.25) is 37.3 Å². The van der Waals surface area contributed by atoms with Crippen LogP contribution in [0.5, 0.6) is 0 Å². The first-order valence-electron chi connectivity index (χ1n) is 43.9. The molecule has 0 heterocycles. The van der Waals surface area contributed by atoms with Gasteiger partial charge in [0.15, 0.2) is 12.2 Å². The highest BCUT2D eigenvalue weighted by atomic mass is 31.2. The molecule has 0 radical (unpaired) electrons. The molecule has 6 atom stereocenters. The van der Waals surface area contributed by atoms with Gasteiger partial charge in [-0.2, -0.15) is 0 Å². The fraction of sp³-hybridized carbons (Fsp3) is 0.953. The Hall–Kier alpha value is -1.94. The molecule has 0 aliphatic rings. The number of carbonyl (C=O) groups is 4. The standard InChI is InChI=1S/C85H166O17P2/c1-8-10-11-12-13-14-15-16-17-18-19-22-27-32-37-45-52-59-66-82(87)95-72-80(101-84(89)68-61-54-47-38-33-28-23-20-21-25-30-35-42-49-56-63-76(3)4)74-99-103(91,92)97-70-79(86)71-98-104(93,94)100-75-81(73-96-83(88)67-60-53-46-41-40-44-51-58-65-78(7)9-2)102-85(90)69-62-55-48-39-34-29-24-26-31-36-43-50-57-64-77(5)6/h76-81,86H,8-75H2,1-7H3,(H,91,92)(H,93,94)/t78?,79-,80-,81-/m1/s1. The predicted molar refractivity (Wildman–Crippen MR) is 428 cm³/mol. The Balaban J connectivity index is 5.27. The minimum absolute atomic E-state index is 0.107. The topological polar surface area (TPSA) is 237 Å². The Bertz CT molecular complexity index is 2010. The minimum atomic E-state index is -4.97. The monoisotopic (exact) mass is 1520 g/mol. The Morgan fingerprint density at radius 1 is 0.279 bits per heavy atom. The molecule has 0 saturated carbocycles. The van der Waals surface area contributed by atoms with Crippen molar-refractivity contribution in [2.45, 2.75) is 465 Å². The lowest BCUT2D eigenvalue weighted by atomic mass is 9.99. The number of carbonyl (C=O) groups excluding carboxylic acids is 4. The molecule has 19 heteroatoms. The Kier molecular flexibility index (Phi) is 73.7. The van der Waals surface area contributed by atoms with Crippen molar-refractivity contribution < 1.29 is 80.2 Å². The summed E-state index contributed by atoms with van der Waals surface area (Å²) < 4.78 is 68.9. The van der Waals surface area contributed by atoms with E-state index in [9.17, 15) is 43.2 Å². The van der Waals surface area contributed by atoms with Crippen LogP contribution in [0, 0.1) is 17.8 Å². The molecule has 0 spiro atoms. The lowest BCUT2D eigenvalue weighted by molar-refractivity contribution is -0.161. The molecule has 3 unspecified atom stereocenters. The Morgan fingerprint density at radius 2 is 0.490 bits per heavy atom. The number of phosphoric ester groups is 2. The van der Waals surface area contributed by atoms with E-state index < -0.39 is 97.5 Å². The average molecular weight is 1520 g/mol. The van der Waals surface area contributed by atoms with Crippen LogP contribution < -0.4 is 0 Å². The van der Waals surface area contributed by atoms with Crippen molar-refractivity contribution >= 4 is 39.5 Å².